The highest BCUT2D eigenvalue weighted by Gasteiger charge is 2.27. The molecule has 8 nitrogen and oxygen atoms in total. The van der Waals surface area contributed by atoms with E-state index in [1.165, 1.54) is 22.5 Å². The van der Waals surface area contributed by atoms with Gasteiger partial charge >= 0.3 is 0 Å². The number of hydrogen-bond donors (Lipinski definition) is 1. The van der Waals surface area contributed by atoms with Gasteiger partial charge in [0.05, 0.1) is 23.0 Å². The van der Waals surface area contributed by atoms with Crippen molar-refractivity contribution in [2.24, 2.45) is 0 Å². The van der Waals surface area contributed by atoms with Crippen LogP contribution in [0.25, 0.3) is 11.3 Å². The Kier molecular flexibility index (Phi) is 4.62. The molecule has 2 heterocycles. The molecule has 0 radical (unpaired) electrons. The van der Waals surface area contributed by atoms with E-state index in [9.17, 15) is 16.8 Å². The van der Waals surface area contributed by atoms with Crippen LogP contribution in [0.15, 0.2) is 58.0 Å². The molecule has 152 valence electrons. The molecule has 0 saturated heterocycles. The van der Waals surface area contributed by atoms with Crippen LogP contribution in [-0.4, -0.2) is 34.6 Å². The van der Waals surface area contributed by atoms with Gasteiger partial charge in [-0.3, -0.25) is 9.03 Å². The van der Waals surface area contributed by atoms with Crippen LogP contribution in [-0.2, 0) is 26.5 Å². The molecule has 1 aliphatic heterocycles. The van der Waals surface area contributed by atoms with Gasteiger partial charge in [-0.1, -0.05) is 0 Å². The highest BCUT2D eigenvalue weighted by atomic mass is 32.2. The van der Waals surface area contributed by atoms with Gasteiger partial charge in [-0.2, -0.15) is 0 Å². The highest BCUT2D eigenvalue weighted by molar-refractivity contribution is 7.92. The fourth-order valence-corrected chi connectivity index (χ4v) is 5.34. The smallest absolute Gasteiger partial charge is 0.261 e. The fraction of sp³-hybridized carbons (Fsp3) is 0.211. The molecule has 4 rings (SSSR count). The molecular formula is C19H19N3O5S2. The van der Waals surface area contributed by atoms with Gasteiger partial charge < -0.3 is 4.42 Å². The maximum absolute atomic E-state index is 12.8. The molecule has 0 unspecified atom stereocenters. The third-order valence-corrected chi connectivity index (χ3v) is 7.22. The number of aryl methyl sites for hydroxylation is 1. The molecule has 1 aromatic heterocycles. The Hall–Kier alpha value is -2.85. The zero-order valence-electron chi connectivity index (χ0n) is 15.8. The molecule has 3 aromatic rings. The average molecular weight is 434 g/mol. The summed E-state index contributed by atoms with van der Waals surface area (Å²) in [4.78, 5) is 4.13. The number of nitrogens with one attached hydrogen (secondary N) is 1. The lowest BCUT2D eigenvalue weighted by Gasteiger charge is -2.16. The van der Waals surface area contributed by atoms with Gasteiger partial charge in [-0.05, 0) is 54.4 Å². The number of nitrogens with zero attached hydrogens (tertiary/aromatic N) is 2. The molecule has 0 fully saturated rings. The normalized spacial score (nSPS) is 14.1. The Morgan fingerprint density at radius 3 is 2.41 bits per heavy atom. The first-order valence-corrected chi connectivity index (χ1v) is 12.1. The van der Waals surface area contributed by atoms with Crippen LogP contribution >= 0.6 is 0 Å². The van der Waals surface area contributed by atoms with Gasteiger partial charge in [0, 0.05) is 24.7 Å². The summed E-state index contributed by atoms with van der Waals surface area (Å²) in [6.07, 6.45) is 3.22. The van der Waals surface area contributed by atoms with Crippen molar-refractivity contribution in [3.05, 3.63) is 60.1 Å². The van der Waals surface area contributed by atoms with Gasteiger partial charge in [0.2, 0.25) is 10.0 Å². The largest absolute Gasteiger partial charge is 0.441 e. The molecule has 29 heavy (non-hydrogen) atoms. The first-order valence-electron chi connectivity index (χ1n) is 8.80. The molecule has 0 amide bonds. The van der Waals surface area contributed by atoms with Crippen LogP contribution in [0.1, 0.15) is 11.5 Å². The number of benzene rings is 2. The molecule has 0 aliphatic carbocycles. The van der Waals surface area contributed by atoms with Crippen LogP contribution in [0.4, 0.5) is 11.4 Å². The predicted octanol–water partition coefficient (Wildman–Crippen LogP) is 2.77. The van der Waals surface area contributed by atoms with E-state index < -0.39 is 20.0 Å². The van der Waals surface area contributed by atoms with E-state index in [0.717, 1.165) is 11.8 Å². The van der Waals surface area contributed by atoms with E-state index >= 15 is 0 Å². The lowest BCUT2D eigenvalue weighted by atomic mass is 10.2. The number of anilines is 2. The molecule has 0 atom stereocenters. The van der Waals surface area contributed by atoms with E-state index in [2.05, 4.69) is 9.71 Å². The zero-order chi connectivity index (χ0) is 20.8. The number of hydrogen-bond acceptors (Lipinski definition) is 6. The van der Waals surface area contributed by atoms with Crippen molar-refractivity contribution in [3.8, 4) is 11.3 Å². The first-order chi connectivity index (χ1) is 13.6. The minimum Gasteiger partial charge on any atom is -0.441 e. The van der Waals surface area contributed by atoms with Crippen molar-refractivity contribution in [2.45, 2.75) is 18.2 Å². The predicted molar refractivity (Wildman–Crippen MR) is 110 cm³/mol. The molecule has 1 N–H and O–H groups in total. The minimum atomic E-state index is -3.81. The molecule has 10 heteroatoms. The van der Waals surface area contributed by atoms with E-state index in [0.29, 0.717) is 41.6 Å². The summed E-state index contributed by atoms with van der Waals surface area (Å²) in [5.74, 6) is 1.15. The van der Waals surface area contributed by atoms with Crippen molar-refractivity contribution >= 4 is 31.4 Å². The van der Waals surface area contributed by atoms with Crippen molar-refractivity contribution in [2.75, 3.05) is 21.8 Å². The van der Waals surface area contributed by atoms with Crippen LogP contribution in [0.3, 0.4) is 0 Å². The molecule has 0 spiro atoms. The Labute approximate surface area is 169 Å². The minimum absolute atomic E-state index is 0.0848. The topological polar surface area (TPSA) is 110 Å². The molecule has 0 bridgehead atoms. The quantitative estimate of drug-likeness (QED) is 0.663. The fourth-order valence-electron chi connectivity index (χ4n) is 3.27. The number of aromatic nitrogens is 1. The summed E-state index contributed by atoms with van der Waals surface area (Å²) in [7, 11) is -7.20. The van der Waals surface area contributed by atoms with E-state index in [1.807, 2.05) is 0 Å². The molecule has 2 aromatic carbocycles. The first kappa shape index (κ1) is 19.5. The summed E-state index contributed by atoms with van der Waals surface area (Å²) in [5, 5.41) is 0. The lowest BCUT2D eigenvalue weighted by Crippen LogP contribution is -2.27. The average Bonchev–Trinajstić information content (AvgIpc) is 3.27. The Morgan fingerprint density at radius 1 is 1.07 bits per heavy atom. The number of rotatable bonds is 5. The standard InChI is InChI=1S/C19H19N3O5S2/c1-13-20-12-19(27-13)14-3-5-16(6-4-14)21-29(25,26)17-7-8-18-15(11-17)9-10-22(18)28(2,23)24/h3-8,11-12,21H,9-10H2,1-2H3. The Morgan fingerprint density at radius 2 is 1.79 bits per heavy atom. The van der Waals surface area contributed by atoms with E-state index in [-0.39, 0.29) is 4.90 Å². The maximum Gasteiger partial charge on any atom is 0.261 e. The molecule has 1 aliphatic rings. The maximum atomic E-state index is 12.8. The van der Waals surface area contributed by atoms with Gasteiger partial charge in [0.15, 0.2) is 11.7 Å². The van der Waals surface area contributed by atoms with Crippen molar-refractivity contribution < 1.29 is 21.3 Å². The monoisotopic (exact) mass is 433 g/mol. The second-order valence-corrected chi connectivity index (χ2v) is 10.4. The summed E-state index contributed by atoms with van der Waals surface area (Å²) in [5.41, 5.74) is 2.41. The number of sulfonamides is 2. The van der Waals surface area contributed by atoms with Gasteiger partial charge in [-0.15, -0.1) is 0 Å². The highest BCUT2D eigenvalue weighted by Crippen LogP contribution is 2.32. The van der Waals surface area contributed by atoms with Crippen LogP contribution in [0.2, 0.25) is 0 Å². The Bertz CT molecular complexity index is 1280. The molecule has 0 saturated carbocycles. The van der Waals surface area contributed by atoms with E-state index in [4.69, 9.17) is 4.42 Å². The SMILES string of the molecule is Cc1ncc(-c2ccc(NS(=O)(=O)c3ccc4c(c3)CCN4S(C)(=O)=O)cc2)o1. The number of oxazole rings is 1. The van der Waals surface area contributed by atoms with Gasteiger partial charge in [0.1, 0.15) is 0 Å². The number of fused-ring (bicyclic) bond motifs is 1. The van der Waals surface area contributed by atoms with E-state index in [1.54, 1.807) is 37.4 Å². The lowest BCUT2D eigenvalue weighted by molar-refractivity contribution is 0.534. The summed E-state index contributed by atoms with van der Waals surface area (Å²) >= 11 is 0. The second kappa shape index (κ2) is 6.89. The van der Waals surface area contributed by atoms with Crippen LogP contribution < -0.4 is 9.03 Å². The van der Waals surface area contributed by atoms with Crippen molar-refractivity contribution in [3.63, 3.8) is 0 Å². The third kappa shape index (κ3) is 3.85. The van der Waals surface area contributed by atoms with Gasteiger partial charge in [0.25, 0.3) is 10.0 Å². The molecular weight excluding hydrogens is 414 g/mol. The summed E-state index contributed by atoms with van der Waals surface area (Å²) < 4.78 is 58.5. The summed E-state index contributed by atoms with van der Waals surface area (Å²) in [6, 6.07) is 11.2. The zero-order valence-corrected chi connectivity index (χ0v) is 17.4. The van der Waals surface area contributed by atoms with Crippen molar-refractivity contribution in [1.82, 2.24) is 4.98 Å². The summed E-state index contributed by atoms with van der Waals surface area (Å²) in [6.45, 7) is 2.06. The van der Waals surface area contributed by atoms with Gasteiger partial charge in [-0.25, -0.2) is 21.8 Å². The van der Waals surface area contributed by atoms with Crippen LogP contribution in [0.5, 0.6) is 0 Å². The van der Waals surface area contributed by atoms with Crippen LogP contribution in [0, 0.1) is 6.92 Å². The second-order valence-electron chi connectivity index (χ2n) is 6.80. The Balaban J connectivity index is 1.57. The third-order valence-electron chi connectivity index (χ3n) is 4.66. The van der Waals surface area contributed by atoms with Crippen molar-refractivity contribution in [1.29, 1.82) is 0 Å².